The summed E-state index contributed by atoms with van der Waals surface area (Å²) in [5.74, 6) is -0.0560. The summed E-state index contributed by atoms with van der Waals surface area (Å²) in [7, 11) is 0. The maximum absolute atomic E-state index is 10.7. The van der Waals surface area contributed by atoms with Crippen molar-refractivity contribution >= 4 is 5.97 Å². The van der Waals surface area contributed by atoms with E-state index >= 15 is 0 Å². The second-order valence-corrected chi connectivity index (χ2v) is 4.27. The number of benzene rings is 2. The summed E-state index contributed by atoms with van der Waals surface area (Å²) in [4.78, 5) is 10.7. The lowest BCUT2D eigenvalue weighted by Gasteiger charge is -2.10. The van der Waals surface area contributed by atoms with Crippen LogP contribution in [0.15, 0.2) is 48.5 Å². The molecule has 0 amide bonds. The quantitative estimate of drug-likeness (QED) is 0.855. The molecule has 2 aromatic carbocycles. The number of rotatable bonds is 4. The van der Waals surface area contributed by atoms with E-state index in [0.717, 1.165) is 16.7 Å². The summed E-state index contributed by atoms with van der Waals surface area (Å²) in [6, 6.07) is 15.3. The molecule has 98 valence electrons. The lowest BCUT2D eigenvalue weighted by molar-refractivity contribution is -0.140. The third-order valence-corrected chi connectivity index (χ3v) is 2.88. The van der Waals surface area contributed by atoms with Gasteiger partial charge in [0, 0.05) is 18.9 Å². The van der Waals surface area contributed by atoms with Crippen LogP contribution in [-0.4, -0.2) is 17.7 Å². The van der Waals surface area contributed by atoms with Gasteiger partial charge < -0.3 is 9.84 Å². The van der Waals surface area contributed by atoms with Crippen LogP contribution in [0.25, 0.3) is 11.1 Å². The van der Waals surface area contributed by atoms with Crippen LogP contribution in [0.5, 0.6) is 5.75 Å². The van der Waals surface area contributed by atoms with Crippen LogP contribution in [0.2, 0.25) is 0 Å². The highest BCUT2D eigenvalue weighted by atomic mass is 16.5. The SMILES string of the molecule is CC(=O)OCCc1cccc(-c2ccccc2)c1O. The van der Waals surface area contributed by atoms with Crippen molar-refractivity contribution in [3.8, 4) is 16.9 Å². The third kappa shape index (κ3) is 3.35. The normalized spacial score (nSPS) is 10.2. The molecule has 19 heavy (non-hydrogen) atoms. The number of para-hydroxylation sites is 1. The highest BCUT2D eigenvalue weighted by Crippen LogP contribution is 2.32. The van der Waals surface area contributed by atoms with Crippen molar-refractivity contribution in [3.63, 3.8) is 0 Å². The highest BCUT2D eigenvalue weighted by Gasteiger charge is 2.08. The first-order chi connectivity index (χ1) is 9.18. The monoisotopic (exact) mass is 256 g/mol. The van der Waals surface area contributed by atoms with Gasteiger partial charge in [-0.15, -0.1) is 0 Å². The van der Waals surface area contributed by atoms with Crippen molar-refractivity contribution in [1.29, 1.82) is 0 Å². The highest BCUT2D eigenvalue weighted by molar-refractivity contribution is 5.71. The van der Waals surface area contributed by atoms with Gasteiger partial charge in [0.15, 0.2) is 0 Å². The summed E-state index contributed by atoms with van der Waals surface area (Å²) in [5, 5.41) is 10.3. The largest absolute Gasteiger partial charge is 0.507 e. The van der Waals surface area contributed by atoms with E-state index in [4.69, 9.17) is 4.74 Å². The maximum Gasteiger partial charge on any atom is 0.302 e. The zero-order valence-corrected chi connectivity index (χ0v) is 10.8. The molecule has 2 aromatic rings. The van der Waals surface area contributed by atoms with E-state index in [2.05, 4.69) is 0 Å². The Kier molecular flexibility index (Phi) is 4.18. The van der Waals surface area contributed by atoms with Crippen LogP contribution in [-0.2, 0) is 16.0 Å². The van der Waals surface area contributed by atoms with E-state index in [-0.39, 0.29) is 18.3 Å². The molecule has 0 atom stereocenters. The molecular weight excluding hydrogens is 240 g/mol. The van der Waals surface area contributed by atoms with Crippen LogP contribution in [0.1, 0.15) is 12.5 Å². The number of phenols is 1. The van der Waals surface area contributed by atoms with Gasteiger partial charge in [-0.3, -0.25) is 4.79 Å². The Hall–Kier alpha value is -2.29. The minimum atomic E-state index is -0.307. The van der Waals surface area contributed by atoms with E-state index in [0.29, 0.717) is 6.42 Å². The average Bonchev–Trinajstić information content (AvgIpc) is 2.41. The predicted octanol–water partition coefficient (Wildman–Crippen LogP) is 3.16. The number of hydrogen-bond donors (Lipinski definition) is 1. The fourth-order valence-electron chi connectivity index (χ4n) is 1.95. The number of aromatic hydroxyl groups is 1. The van der Waals surface area contributed by atoms with Crippen molar-refractivity contribution < 1.29 is 14.6 Å². The van der Waals surface area contributed by atoms with Crippen molar-refractivity contribution in [2.45, 2.75) is 13.3 Å². The number of ether oxygens (including phenoxy) is 1. The van der Waals surface area contributed by atoms with Gasteiger partial charge in [0.05, 0.1) is 6.61 Å². The topological polar surface area (TPSA) is 46.5 Å². The zero-order chi connectivity index (χ0) is 13.7. The molecule has 2 rings (SSSR count). The molecular formula is C16H16O3. The molecule has 3 nitrogen and oxygen atoms in total. The smallest absolute Gasteiger partial charge is 0.302 e. The van der Waals surface area contributed by atoms with E-state index in [9.17, 15) is 9.90 Å². The van der Waals surface area contributed by atoms with Crippen molar-refractivity contribution in [1.82, 2.24) is 0 Å². The van der Waals surface area contributed by atoms with Crippen LogP contribution in [0.3, 0.4) is 0 Å². The Morgan fingerprint density at radius 2 is 1.84 bits per heavy atom. The molecule has 0 radical (unpaired) electrons. The van der Waals surface area contributed by atoms with Crippen molar-refractivity contribution in [2.75, 3.05) is 6.61 Å². The summed E-state index contributed by atoms with van der Waals surface area (Å²) in [5.41, 5.74) is 2.54. The van der Waals surface area contributed by atoms with Gasteiger partial charge >= 0.3 is 5.97 Å². The molecule has 0 aliphatic carbocycles. The molecule has 0 saturated heterocycles. The van der Waals surface area contributed by atoms with Crippen LogP contribution in [0, 0.1) is 0 Å². The molecule has 0 heterocycles. The van der Waals surface area contributed by atoms with Gasteiger partial charge in [0.2, 0.25) is 0 Å². The van der Waals surface area contributed by atoms with E-state index in [1.165, 1.54) is 6.92 Å². The van der Waals surface area contributed by atoms with Gasteiger partial charge in [-0.25, -0.2) is 0 Å². The number of esters is 1. The van der Waals surface area contributed by atoms with Crippen molar-refractivity contribution in [3.05, 3.63) is 54.1 Å². The molecule has 0 aliphatic rings. The fourth-order valence-corrected chi connectivity index (χ4v) is 1.95. The van der Waals surface area contributed by atoms with Gasteiger partial charge in [-0.2, -0.15) is 0 Å². The lowest BCUT2D eigenvalue weighted by Crippen LogP contribution is -2.03. The van der Waals surface area contributed by atoms with E-state index < -0.39 is 0 Å². The van der Waals surface area contributed by atoms with Gasteiger partial charge in [-0.1, -0.05) is 48.5 Å². The molecule has 0 spiro atoms. The second-order valence-electron chi connectivity index (χ2n) is 4.27. The summed E-state index contributed by atoms with van der Waals surface area (Å²) in [6.07, 6.45) is 0.506. The predicted molar refractivity (Wildman–Crippen MR) is 73.9 cm³/mol. The minimum Gasteiger partial charge on any atom is -0.507 e. The zero-order valence-electron chi connectivity index (χ0n) is 10.8. The molecule has 0 unspecified atom stereocenters. The van der Waals surface area contributed by atoms with Gasteiger partial charge in [0.25, 0.3) is 0 Å². The minimum absolute atomic E-state index is 0.251. The Balaban J connectivity index is 2.21. The second kappa shape index (κ2) is 6.05. The Labute approximate surface area is 112 Å². The maximum atomic E-state index is 10.7. The molecule has 0 bridgehead atoms. The molecule has 0 saturated carbocycles. The third-order valence-electron chi connectivity index (χ3n) is 2.88. The average molecular weight is 256 g/mol. The molecule has 0 aromatic heterocycles. The first-order valence-corrected chi connectivity index (χ1v) is 6.18. The number of carbonyl (C=O) groups is 1. The van der Waals surface area contributed by atoms with E-state index in [1.54, 1.807) is 0 Å². The number of carbonyl (C=O) groups excluding carboxylic acids is 1. The van der Waals surface area contributed by atoms with E-state index in [1.807, 2.05) is 48.5 Å². The number of phenolic OH excluding ortho intramolecular Hbond substituents is 1. The van der Waals surface area contributed by atoms with Crippen LogP contribution in [0.4, 0.5) is 0 Å². The lowest BCUT2D eigenvalue weighted by atomic mass is 10.0. The number of hydrogen-bond acceptors (Lipinski definition) is 3. The van der Waals surface area contributed by atoms with Crippen molar-refractivity contribution in [2.24, 2.45) is 0 Å². The van der Waals surface area contributed by atoms with Crippen LogP contribution < -0.4 is 0 Å². The Morgan fingerprint density at radius 3 is 2.53 bits per heavy atom. The first-order valence-electron chi connectivity index (χ1n) is 6.18. The van der Waals surface area contributed by atoms with Gasteiger partial charge in [-0.05, 0) is 11.1 Å². The molecule has 0 aliphatic heterocycles. The molecule has 3 heteroatoms. The fraction of sp³-hybridized carbons (Fsp3) is 0.188. The Bertz CT molecular complexity index is 561. The van der Waals surface area contributed by atoms with Gasteiger partial charge in [0.1, 0.15) is 5.75 Å². The summed E-state index contributed by atoms with van der Waals surface area (Å²) in [6.45, 7) is 1.65. The summed E-state index contributed by atoms with van der Waals surface area (Å²) >= 11 is 0. The first kappa shape index (κ1) is 13.1. The Morgan fingerprint density at radius 1 is 1.11 bits per heavy atom. The molecule has 1 N–H and O–H groups in total. The molecule has 0 fully saturated rings. The standard InChI is InChI=1S/C16H16O3/c1-12(17)19-11-10-14-8-5-9-15(16(14)18)13-6-3-2-4-7-13/h2-9,18H,10-11H2,1H3. The summed E-state index contributed by atoms with van der Waals surface area (Å²) < 4.78 is 4.90. The van der Waals surface area contributed by atoms with Crippen LogP contribution >= 0.6 is 0 Å².